The van der Waals surface area contributed by atoms with Gasteiger partial charge in [0, 0.05) is 5.69 Å². The fourth-order valence-electron chi connectivity index (χ4n) is 1.57. The van der Waals surface area contributed by atoms with Crippen molar-refractivity contribution in [3.63, 3.8) is 0 Å². The van der Waals surface area contributed by atoms with Gasteiger partial charge in [-0.15, -0.1) is 0 Å². The molecule has 0 bridgehead atoms. The number of carbonyl (C=O) groups excluding carboxylic acids is 1. The molecule has 3 N–H and O–H groups in total. The lowest BCUT2D eigenvalue weighted by Crippen LogP contribution is -2.14. The van der Waals surface area contributed by atoms with E-state index >= 15 is 0 Å². The number of aromatic nitrogens is 1. The zero-order valence-electron chi connectivity index (χ0n) is 10.1. The maximum Gasteiger partial charge on any atom is 0.257 e. The van der Waals surface area contributed by atoms with Crippen LogP contribution in [0, 0.1) is 6.92 Å². The van der Waals surface area contributed by atoms with E-state index in [1.165, 1.54) is 0 Å². The summed E-state index contributed by atoms with van der Waals surface area (Å²) in [6.45, 7) is 1.81. The maximum absolute atomic E-state index is 12.1. The van der Waals surface area contributed by atoms with Gasteiger partial charge in [0.15, 0.2) is 0 Å². The zero-order valence-corrected chi connectivity index (χ0v) is 12.4. The Hall–Kier alpha value is -1.59. The summed E-state index contributed by atoms with van der Waals surface area (Å²) in [7, 11) is 0. The molecule has 0 radical (unpaired) electrons. The lowest BCUT2D eigenvalue weighted by atomic mass is 10.2. The van der Waals surface area contributed by atoms with E-state index in [1.807, 2.05) is 6.92 Å². The lowest BCUT2D eigenvalue weighted by molar-refractivity contribution is 0.102. The summed E-state index contributed by atoms with van der Waals surface area (Å²) in [5, 5.41) is 3.09. The van der Waals surface area contributed by atoms with Gasteiger partial charge in [0.05, 0.1) is 22.0 Å². The van der Waals surface area contributed by atoms with E-state index in [1.54, 1.807) is 30.3 Å². The number of hydrogen-bond acceptors (Lipinski definition) is 3. The lowest BCUT2D eigenvalue weighted by Gasteiger charge is -2.09. The van der Waals surface area contributed by atoms with Gasteiger partial charge in [0.2, 0.25) is 0 Å². The van der Waals surface area contributed by atoms with Crippen molar-refractivity contribution in [3.05, 3.63) is 51.2 Å². The molecule has 1 amide bonds. The molecule has 1 aromatic heterocycles. The van der Waals surface area contributed by atoms with Crippen LogP contribution in [-0.2, 0) is 0 Å². The Morgan fingerprint density at radius 2 is 2.11 bits per heavy atom. The topological polar surface area (TPSA) is 68.0 Å². The van der Waals surface area contributed by atoms with Crippen LogP contribution in [0.4, 0.5) is 11.4 Å². The van der Waals surface area contributed by atoms with Gasteiger partial charge >= 0.3 is 0 Å². The number of benzene rings is 1. The van der Waals surface area contributed by atoms with Crippen LogP contribution in [0.15, 0.2) is 34.9 Å². The van der Waals surface area contributed by atoms with Gasteiger partial charge in [-0.25, -0.2) is 4.98 Å². The summed E-state index contributed by atoms with van der Waals surface area (Å²) in [4.78, 5) is 16.3. The Bertz CT molecular complexity index is 646. The second-order valence-electron chi connectivity index (χ2n) is 3.96. The highest BCUT2D eigenvalue weighted by Crippen LogP contribution is 2.22. The monoisotopic (exact) mass is 339 g/mol. The number of nitrogen functional groups attached to an aromatic ring is 1. The van der Waals surface area contributed by atoms with Gasteiger partial charge < -0.3 is 11.1 Å². The Morgan fingerprint density at radius 1 is 1.37 bits per heavy atom. The molecule has 2 rings (SSSR count). The van der Waals surface area contributed by atoms with Crippen LogP contribution in [0.3, 0.4) is 0 Å². The smallest absolute Gasteiger partial charge is 0.257 e. The van der Waals surface area contributed by atoms with Crippen LogP contribution < -0.4 is 11.1 Å². The summed E-state index contributed by atoms with van der Waals surface area (Å²) in [5.74, 6) is -0.294. The highest BCUT2D eigenvalue weighted by atomic mass is 79.9. The van der Waals surface area contributed by atoms with Crippen molar-refractivity contribution in [2.45, 2.75) is 6.92 Å². The van der Waals surface area contributed by atoms with Crippen LogP contribution >= 0.6 is 27.5 Å². The molecule has 0 atom stereocenters. The summed E-state index contributed by atoms with van der Waals surface area (Å²) in [6.07, 6.45) is 0. The van der Waals surface area contributed by atoms with Gasteiger partial charge in [0.25, 0.3) is 5.91 Å². The van der Waals surface area contributed by atoms with Gasteiger partial charge in [0.1, 0.15) is 4.60 Å². The molecule has 19 heavy (non-hydrogen) atoms. The third kappa shape index (κ3) is 3.24. The van der Waals surface area contributed by atoms with Gasteiger partial charge in [-0.05, 0) is 53.2 Å². The first-order chi connectivity index (χ1) is 8.97. The number of pyridine rings is 1. The fourth-order valence-corrected chi connectivity index (χ4v) is 2.24. The van der Waals surface area contributed by atoms with Gasteiger partial charge in [-0.2, -0.15) is 0 Å². The molecule has 98 valence electrons. The van der Waals surface area contributed by atoms with Crippen molar-refractivity contribution in [1.29, 1.82) is 0 Å². The third-order valence-electron chi connectivity index (χ3n) is 2.54. The second-order valence-corrected chi connectivity index (χ2v) is 5.18. The third-order valence-corrected chi connectivity index (χ3v) is 3.29. The SMILES string of the molecule is Cc1nc(Br)ccc1NC(=O)c1ccc(N)cc1Cl. The van der Waals surface area contributed by atoms with E-state index in [2.05, 4.69) is 26.2 Å². The normalized spacial score (nSPS) is 10.3. The molecule has 0 fully saturated rings. The molecular weight excluding hydrogens is 330 g/mol. The van der Waals surface area contributed by atoms with Crippen molar-refractivity contribution in [3.8, 4) is 0 Å². The number of halogens is 2. The summed E-state index contributed by atoms with van der Waals surface area (Å²) in [6, 6.07) is 8.30. The Labute approximate surface area is 124 Å². The zero-order chi connectivity index (χ0) is 14.0. The number of hydrogen-bond donors (Lipinski definition) is 2. The highest BCUT2D eigenvalue weighted by molar-refractivity contribution is 9.10. The minimum Gasteiger partial charge on any atom is -0.399 e. The van der Waals surface area contributed by atoms with E-state index in [9.17, 15) is 4.79 Å². The molecule has 0 aliphatic rings. The van der Waals surface area contributed by atoms with Crippen molar-refractivity contribution >= 4 is 44.8 Å². The number of aryl methyl sites for hydroxylation is 1. The van der Waals surface area contributed by atoms with Gasteiger partial charge in [-0.3, -0.25) is 4.79 Å². The average molecular weight is 341 g/mol. The van der Waals surface area contributed by atoms with E-state index in [0.717, 1.165) is 0 Å². The van der Waals surface area contributed by atoms with Crippen LogP contribution in [0.5, 0.6) is 0 Å². The molecule has 4 nitrogen and oxygen atoms in total. The number of rotatable bonds is 2. The number of anilines is 2. The summed E-state index contributed by atoms with van der Waals surface area (Å²) in [5.41, 5.74) is 7.84. The van der Waals surface area contributed by atoms with E-state index in [-0.39, 0.29) is 5.91 Å². The van der Waals surface area contributed by atoms with Crippen molar-refractivity contribution in [2.75, 3.05) is 11.1 Å². The first-order valence-corrected chi connectivity index (χ1v) is 6.64. The largest absolute Gasteiger partial charge is 0.399 e. The molecule has 0 saturated carbocycles. The number of carbonyl (C=O) groups is 1. The molecular formula is C13H11BrClN3O. The second kappa shape index (κ2) is 5.59. The van der Waals surface area contributed by atoms with E-state index < -0.39 is 0 Å². The molecule has 0 saturated heterocycles. The molecule has 1 heterocycles. The molecule has 2 aromatic rings. The predicted molar refractivity (Wildman–Crippen MR) is 80.5 cm³/mol. The Morgan fingerprint density at radius 3 is 2.74 bits per heavy atom. The van der Waals surface area contributed by atoms with Crippen LogP contribution in [0.1, 0.15) is 16.1 Å². The van der Waals surface area contributed by atoms with Crippen molar-refractivity contribution in [1.82, 2.24) is 4.98 Å². The first kappa shape index (κ1) is 13.8. The molecule has 6 heteroatoms. The molecule has 0 aliphatic carbocycles. The van der Waals surface area contributed by atoms with Crippen molar-refractivity contribution < 1.29 is 4.79 Å². The summed E-state index contributed by atoms with van der Waals surface area (Å²) >= 11 is 9.26. The number of nitrogens with zero attached hydrogens (tertiary/aromatic N) is 1. The maximum atomic E-state index is 12.1. The fraction of sp³-hybridized carbons (Fsp3) is 0.0769. The predicted octanol–water partition coefficient (Wildman–Crippen LogP) is 3.64. The van der Waals surface area contributed by atoms with E-state index in [0.29, 0.717) is 32.3 Å². The number of amides is 1. The Balaban J connectivity index is 2.25. The molecule has 1 aromatic carbocycles. The Kier molecular flexibility index (Phi) is 4.07. The number of nitrogens with one attached hydrogen (secondary N) is 1. The van der Waals surface area contributed by atoms with Gasteiger partial charge in [-0.1, -0.05) is 11.6 Å². The highest BCUT2D eigenvalue weighted by Gasteiger charge is 2.12. The number of nitrogens with two attached hydrogens (primary N) is 1. The van der Waals surface area contributed by atoms with Crippen molar-refractivity contribution in [2.24, 2.45) is 0 Å². The minimum atomic E-state index is -0.294. The van der Waals surface area contributed by atoms with Crippen LogP contribution in [0.25, 0.3) is 0 Å². The first-order valence-electron chi connectivity index (χ1n) is 5.47. The van der Waals surface area contributed by atoms with E-state index in [4.69, 9.17) is 17.3 Å². The minimum absolute atomic E-state index is 0.294. The van der Waals surface area contributed by atoms with Crippen LogP contribution in [-0.4, -0.2) is 10.9 Å². The molecule has 0 aliphatic heterocycles. The van der Waals surface area contributed by atoms with Crippen LogP contribution in [0.2, 0.25) is 5.02 Å². The quantitative estimate of drug-likeness (QED) is 0.648. The summed E-state index contributed by atoms with van der Waals surface area (Å²) < 4.78 is 0.716. The average Bonchev–Trinajstić information content (AvgIpc) is 2.32. The molecule has 0 unspecified atom stereocenters. The molecule has 0 spiro atoms. The standard InChI is InChI=1S/C13H11BrClN3O/c1-7-11(4-5-12(14)17-7)18-13(19)9-3-2-8(16)6-10(9)15/h2-6H,16H2,1H3,(H,18,19).